The average molecular weight is 290 g/mol. The quantitative estimate of drug-likeness (QED) is 0.840. The molecule has 2 nitrogen and oxygen atoms in total. The van der Waals surface area contributed by atoms with Crippen molar-refractivity contribution in [3.8, 4) is 5.75 Å². The van der Waals surface area contributed by atoms with Crippen molar-refractivity contribution >= 4 is 11.6 Å². The van der Waals surface area contributed by atoms with Crippen molar-refractivity contribution in [3.05, 3.63) is 64.7 Å². The molecule has 106 valence electrons. The predicted molar refractivity (Wildman–Crippen MR) is 84.3 cm³/mol. The van der Waals surface area contributed by atoms with E-state index in [-0.39, 0.29) is 6.04 Å². The molecule has 2 aromatic carbocycles. The first-order valence-electron chi connectivity index (χ1n) is 6.90. The van der Waals surface area contributed by atoms with Crippen molar-refractivity contribution in [1.82, 2.24) is 5.32 Å². The molecule has 0 radical (unpaired) electrons. The molecular weight excluding hydrogens is 270 g/mol. The van der Waals surface area contributed by atoms with E-state index in [4.69, 9.17) is 16.3 Å². The zero-order chi connectivity index (χ0) is 14.4. The molecule has 0 aromatic heterocycles. The van der Waals surface area contributed by atoms with Crippen molar-refractivity contribution in [2.75, 3.05) is 6.61 Å². The second-order valence-corrected chi connectivity index (χ2v) is 5.13. The summed E-state index contributed by atoms with van der Waals surface area (Å²) >= 11 is 6.02. The highest BCUT2D eigenvalue weighted by Gasteiger charge is 2.07. The number of rotatable bonds is 6. The summed E-state index contributed by atoms with van der Waals surface area (Å²) in [4.78, 5) is 0. The molecule has 0 aliphatic heterocycles. The van der Waals surface area contributed by atoms with Gasteiger partial charge in [0.15, 0.2) is 0 Å². The largest absolute Gasteiger partial charge is 0.494 e. The topological polar surface area (TPSA) is 21.3 Å². The fraction of sp³-hybridized carbons (Fsp3) is 0.294. The molecule has 0 heterocycles. The van der Waals surface area contributed by atoms with Crippen LogP contribution in [0, 0.1) is 0 Å². The first-order valence-corrected chi connectivity index (χ1v) is 7.28. The van der Waals surface area contributed by atoms with Gasteiger partial charge in [0.1, 0.15) is 5.75 Å². The Morgan fingerprint density at radius 1 is 1.15 bits per heavy atom. The lowest BCUT2D eigenvalue weighted by Gasteiger charge is -2.16. The van der Waals surface area contributed by atoms with Crippen LogP contribution in [-0.4, -0.2) is 6.61 Å². The third kappa shape index (κ3) is 3.99. The lowest BCUT2D eigenvalue weighted by molar-refractivity contribution is 0.335. The summed E-state index contributed by atoms with van der Waals surface area (Å²) in [7, 11) is 0. The highest BCUT2D eigenvalue weighted by Crippen LogP contribution is 2.21. The van der Waals surface area contributed by atoms with E-state index in [9.17, 15) is 0 Å². The third-order valence-electron chi connectivity index (χ3n) is 3.22. The minimum absolute atomic E-state index is 0.239. The molecule has 2 aromatic rings. The molecule has 0 saturated heterocycles. The maximum absolute atomic E-state index is 6.02. The Morgan fingerprint density at radius 2 is 1.95 bits per heavy atom. The first kappa shape index (κ1) is 14.9. The second-order valence-electron chi connectivity index (χ2n) is 4.70. The minimum atomic E-state index is 0.239. The summed E-state index contributed by atoms with van der Waals surface area (Å²) in [5, 5.41) is 4.27. The SMILES string of the molecule is CCOc1ccccc1CN[C@@H](C)c1cccc(Cl)c1. The van der Waals surface area contributed by atoms with Crippen LogP contribution in [0.3, 0.4) is 0 Å². The molecule has 0 fully saturated rings. The van der Waals surface area contributed by atoms with Gasteiger partial charge < -0.3 is 10.1 Å². The van der Waals surface area contributed by atoms with Crippen LogP contribution in [0.4, 0.5) is 0 Å². The van der Waals surface area contributed by atoms with Crippen molar-refractivity contribution < 1.29 is 4.74 Å². The van der Waals surface area contributed by atoms with E-state index in [0.717, 1.165) is 17.3 Å². The van der Waals surface area contributed by atoms with E-state index < -0.39 is 0 Å². The van der Waals surface area contributed by atoms with Gasteiger partial charge in [-0.1, -0.05) is 41.9 Å². The summed E-state index contributed by atoms with van der Waals surface area (Å²) in [5.74, 6) is 0.945. The molecule has 3 heteroatoms. The normalized spacial score (nSPS) is 12.2. The van der Waals surface area contributed by atoms with Crippen LogP contribution in [0.15, 0.2) is 48.5 Å². The summed E-state index contributed by atoms with van der Waals surface area (Å²) in [6.07, 6.45) is 0. The van der Waals surface area contributed by atoms with Crippen molar-refractivity contribution in [1.29, 1.82) is 0 Å². The fourth-order valence-corrected chi connectivity index (χ4v) is 2.30. The highest BCUT2D eigenvalue weighted by molar-refractivity contribution is 6.30. The van der Waals surface area contributed by atoms with Gasteiger partial charge in [0, 0.05) is 23.2 Å². The van der Waals surface area contributed by atoms with Gasteiger partial charge >= 0.3 is 0 Å². The number of hydrogen-bond acceptors (Lipinski definition) is 2. The Labute approximate surface area is 125 Å². The molecule has 20 heavy (non-hydrogen) atoms. The zero-order valence-electron chi connectivity index (χ0n) is 11.9. The number of ether oxygens (including phenoxy) is 1. The molecule has 0 spiro atoms. The van der Waals surface area contributed by atoms with Gasteiger partial charge in [-0.3, -0.25) is 0 Å². The van der Waals surface area contributed by atoms with Gasteiger partial charge in [-0.25, -0.2) is 0 Å². The lowest BCUT2D eigenvalue weighted by Crippen LogP contribution is -2.18. The number of halogens is 1. The molecule has 0 aliphatic rings. The minimum Gasteiger partial charge on any atom is -0.494 e. The van der Waals surface area contributed by atoms with Crippen LogP contribution in [0.1, 0.15) is 31.0 Å². The van der Waals surface area contributed by atoms with Gasteiger partial charge in [-0.2, -0.15) is 0 Å². The Kier molecular flexibility index (Phi) is 5.45. The second kappa shape index (κ2) is 7.32. The number of benzene rings is 2. The summed E-state index contributed by atoms with van der Waals surface area (Å²) in [6, 6.07) is 16.3. The molecule has 1 atom stereocenters. The monoisotopic (exact) mass is 289 g/mol. The van der Waals surface area contributed by atoms with Gasteiger partial charge in [0.2, 0.25) is 0 Å². The smallest absolute Gasteiger partial charge is 0.123 e. The molecule has 0 saturated carbocycles. The van der Waals surface area contributed by atoms with Gasteiger partial charge in [-0.05, 0) is 37.6 Å². The van der Waals surface area contributed by atoms with E-state index in [1.54, 1.807) is 0 Å². The van der Waals surface area contributed by atoms with Crippen molar-refractivity contribution in [2.45, 2.75) is 26.4 Å². The number of hydrogen-bond donors (Lipinski definition) is 1. The van der Waals surface area contributed by atoms with Crippen LogP contribution in [0.25, 0.3) is 0 Å². The van der Waals surface area contributed by atoms with Crippen LogP contribution in [-0.2, 0) is 6.54 Å². The Balaban J connectivity index is 2.01. The maximum atomic E-state index is 6.02. The van der Waals surface area contributed by atoms with Gasteiger partial charge in [0.05, 0.1) is 6.61 Å². The highest BCUT2D eigenvalue weighted by atomic mass is 35.5. The van der Waals surface area contributed by atoms with Crippen LogP contribution in [0.2, 0.25) is 5.02 Å². The predicted octanol–water partition coefficient (Wildman–Crippen LogP) is 4.59. The van der Waals surface area contributed by atoms with Gasteiger partial charge in [-0.15, -0.1) is 0 Å². The van der Waals surface area contributed by atoms with Crippen LogP contribution < -0.4 is 10.1 Å². The van der Waals surface area contributed by atoms with E-state index >= 15 is 0 Å². The van der Waals surface area contributed by atoms with Gasteiger partial charge in [0.25, 0.3) is 0 Å². The molecule has 0 aliphatic carbocycles. The van der Waals surface area contributed by atoms with Crippen LogP contribution in [0.5, 0.6) is 5.75 Å². The summed E-state index contributed by atoms with van der Waals surface area (Å²) in [5.41, 5.74) is 2.36. The molecular formula is C17H20ClNO. The standard InChI is InChI=1S/C17H20ClNO/c1-3-20-17-10-5-4-7-15(17)12-19-13(2)14-8-6-9-16(18)11-14/h4-11,13,19H,3,12H2,1-2H3/t13-/m0/s1. The van der Waals surface area contributed by atoms with E-state index in [1.807, 2.05) is 43.3 Å². The van der Waals surface area contributed by atoms with Crippen LogP contribution >= 0.6 is 11.6 Å². The molecule has 2 rings (SSSR count). The fourth-order valence-electron chi connectivity index (χ4n) is 2.10. The summed E-state index contributed by atoms with van der Waals surface area (Å²) in [6.45, 7) is 5.58. The molecule has 0 bridgehead atoms. The molecule has 0 unspecified atom stereocenters. The Hall–Kier alpha value is -1.51. The third-order valence-corrected chi connectivity index (χ3v) is 3.45. The van der Waals surface area contributed by atoms with Crippen molar-refractivity contribution in [2.24, 2.45) is 0 Å². The van der Waals surface area contributed by atoms with Crippen molar-refractivity contribution in [3.63, 3.8) is 0 Å². The van der Waals surface area contributed by atoms with E-state index in [1.165, 1.54) is 11.1 Å². The first-order chi connectivity index (χ1) is 9.70. The average Bonchev–Trinajstić information content (AvgIpc) is 2.46. The lowest BCUT2D eigenvalue weighted by atomic mass is 10.1. The molecule has 0 amide bonds. The number of nitrogens with one attached hydrogen (secondary N) is 1. The Bertz CT molecular complexity index is 556. The molecule has 1 N–H and O–H groups in total. The summed E-state index contributed by atoms with van der Waals surface area (Å²) < 4.78 is 5.63. The maximum Gasteiger partial charge on any atom is 0.123 e. The number of para-hydroxylation sites is 1. The van der Waals surface area contributed by atoms with E-state index in [0.29, 0.717) is 6.61 Å². The van der Waals surface area contributed by atoms with E-state index in [2.05, 4.69) is 24.4 Å². The Morgan fingerprint density at radius 3 is 2.70 bits per heavy atom. The zero-order valence-corrected chi connectivity index (χ0v) is 12.7.